The fourth-order valence-corrected chi connectivity index (χ4v) is 3.70. The maximum atomic E-state index is 13.8. The summed E-state index contributed by atoms with van der Waals surface area (Å²) in [7, 11) is 1.59. The molecule has 0 radical (unpaired) electrons. The Balaban J connectivity index is 1.43. The van der Waals surface area contributed by atoms with Gasteiger partial charge in [-0.15, -0.1) is 0 Å². The minimum atomic E-state index is -0.280. The topological polar surface area (TPSA) is 43.4 Å². The lowest BCUT2D eigenvalue weighted by Crippen LogP contribution is -2.02. The van der Waals surface area contributed by atoms with Crippen molar-refractivity contribution in [2.45, 2.75) is 13.2 Å². The zero-order valence-corrected chi connectivity index (χ0v) is 16.1. The number of methoxy groups -OCH3 is 1. The minimum Gasteiger partial charge on any atom is -0.493 e. The molecule has 142 valence electrons. The Morgan fingerprint density at radius 1 is 1.00 bits per heavy atom. The van der Waals surface area contributed by atoms with Crippen LogP contribution in [0.4, 0.5) is 9.52 Å². The molecule has 0 aliphatic rings. The van der Waals surface area contributed by atoms with Gasteiger partial charge in [0.15, 0.2) is 16.6 Å². The van der Waals surface area contributed by atoms with Gasteiger partial charge < -0.3 is 14.8 Å². The number of anilines is 1. The van der Waals surface area contributed by atoms with Crippen LogP contribution in [0.1, 0.15) is 11.1 Å². The minimum absolute atomic E-state index is 0.145. The van der Waals surface area contributed by atoms with Crippen LogP contribution in [0, 0.1) is 5.82 Å². The van der Waals surface area contributed by atoms with Crippen LogP contribution in [0.3, 0.4) is 0 Å². The van der Waals surface area contributed by atoms with Crippen LogP contribution in [0.25, 0.3) is 10.2 Å². The van der Waals surface area contributed by atoms with Crippen LogP contribution in [0.5, 0.6) is 11.5 Å². The van der Waals surface area contributed by atoms with Gasteiger partial charge in [-0.2, -0.15) is 0 Å². The van der Waals surface area contributed by atoms with Gasteiger partial charge in [0.05, 0.1) is 17.3 Å². The third-order valence-electron chi connectivity index (χ3n) is 4.31. The van der Waals surface area contributed by atoms with Crippen molar-refractivity contribution in [3.8, 4) is 11.5 Å². The van der Waals surface area contributed by atoms with Crippen molar-refractivity contribution in [3.63, 3.8) is 0 Å². The second kappa shape index (κ2) is 8.27. The zero-order chi connectivity index (χ0) is 19.3. The van der Waals surface area contributed by atoms with Gasteiger partial charge in [-0.1, -0.05) is 47.7 Å². The monoisotopic (exact) mass is 394 g/mol. The average molecular weight is 394 g/mol. The van der Waals surface area contributed by atoms with Crippen LogP contribution in [-0.4, -0.2) is 12.1 Å². The standard InChI is InChI=1S/C22H19FN2O2S/c1-26-20-12-15(13-24-22-25-18-8-4-5-9-21(18)28-22)10-11-19(20)27-14-16-6-2-3-7-17(16)23/h2-12H,13-14H2,1H3,(H,24,25). The van der Waals surface area contributed by atoms with Crippen LogP contribution in [0.15, 0.2) is 66.7 Å². The lowest BCUT2D eigenvalue weighted by atomic mass is 10.2. The first-order valence-corrected chi connectivity index (χ1v) is 9.67. The molecule has 1 heterocycles. The summed E-state index contributed by atoms with van der Waals surface area (Å²) in [5.74, 6) is 0.910. The lowest BCUT2D eigenvalue weighted by molar-refractivity contribution is 0.279. The van der Waals surface area contributed by atoms with Gasteiger partial charge >= 0.3 is 0 Å². The van der Waals surface area contributed by atoms with Crippen molar-refractivity contribution >= 4 is 26.7 Å². The highest BCUT2D eigenvalue weighted by atomic mass is 32.1. The number of fused-ring (bicyclic) bond motifs is 1. The fraction of sp³-hybridized carbons (Fsp3) is 0.136. The van der Waals surface area contributed by atoms with E-state index in [0.29, 0.717) is 23.6 Å². The van der Waals surface area contributed by atoms with Crippen molar-refractivity contribution < 1.29 is 13.9 Å². The highest BCUT2D eigenvalue weighted by Crippen LogP contribution is 2.30. The number of para-hydroxylation sites is 1. The maximum Gasteiger partial charge on any atom is 0.184 e. The van der Waals surface area contributed by atoms with E-state index in [1.165, 1.54) is 6.07 Å². The molecule has 4 nitrogen and oxygen atoms in total. The average Bonchev–Trinajstić information content (AvgIpc) is 3.15. The number of rotatable bonds is 7. The van der Waals surface area contributed by atoms with Crippen LogP contribution < -0.4 is 14.8 Å². The number of nitrogens with zero attached hydrogens (tertiary/aromatic N) is 1. The van der Waals surface area contributed by atoms with Crippen molar-refractivity contribution in [3.05, 3.63) is 83.7 Å². The summed E-state index contributed by atoms with van der Waals surface area (Å²) in [5, 5.41) is 4.22. The largest absolute Gasteiger partial charge is 0.493 e. The summed E-state index contributed by atoms with van der Waals surface area (Å²) in [6.45, 7) is 0.760. The van der Waals surface area contributed by atoms with E-state index in [9.17, 15) is 4.39 Å². The summed E-state index contributed by atoms with van der Waals surface area (Å²) in [6.07, 6.45) is 0. The van der Waals surface area contributed by atoms with E-state index in [1.807, 2.05) is 36.4 Å². The van der Waals surface area contributed by atoms with Gasteiger partial charge in [-0.25, -0.2) is 9.37 Å². The first kappa shape index (κ1) is 18.3. The second-order valence-corrected chi connectivity index (χ2v) is 7.24. The molecule has 4 rings (SSSR count). The number of hydrogen-bond donors (Lipinski definition) is 1. The molecule has 0 spiro atoms. The predicted octanol–water partition coefficient (Wildman–Crippen LogP) is 5.64. The van der Waals surface area contributed by atoms with Crippen molar-refractivity contribution in [2.75, 3.05) is 12.4 Å². The highest BCUT2D eigenvalue weighted by molar-refractivity contribution is 7.22. The third kappa shape index (κ3) is 4.07. The molecule has 3 aromatic carbocycles. The summed E-state index contributed by atoms with van der Waals surface area (Å²) in [6, 6.07) is 20.3. The molecule has 1 aromatic heterocycles. The highest BCUT2D eigenvalue weighted by Gasteiger charge is 2.09. The number of halogens is 1. The molecule has 0 amide bonds. The van der Waals surface area contributed by atoms with Crippen molar-refractivity contribution in [2.24, 2.45) is 0 Å². The Hall–Kier alpha value is -3.12. The summed E-state index contributed by atoms with van der Waals surface area (Å²) >= 11 is 1.62. The Labute approximate surface area is 166 Å². The Morgan fingerprint density at radius 2 is 1.82 bits per heavy atom. The van der Waals surface area contributed by atoms with E-state index >= 15 is 0 Å². The first-order valence-electron chi connectivity index (χ1n) is 8.85. The zero-order valence-electron chi connectivity index (χ0n) is 15.3. The van der Waals surface area contributed by atoms with Crippen LogP contribution in [0.2, 0.25) is 0 Å². The quantitative estimate of drug-likeness (QED) is 0.441. The molecule has 1 N–H and O–H groups in total. The molecule has 0 aliphatic carbocycles. The van der Waals surface area contributed by atoms with Crippen LogP contribution in [-0.2, 0) is 13.2 Å². The second-order valence-electron chi connectivity index (χ2n) is 6.21. The first-order chi connectivity index (χ1) is 13.7. The van der Waals surface area contributed by atoms with E-state index in [4.69, 9.17) is 9.47 Å². The molecule has 0 bridgehead atoms. The molecule has 0 saturated carbocycles. The Morgan fingerprint density at radius 3 is 2.64 bits per heavy atom. The molecule has 28 heavy (non-hydrogen) atoms. The van der Waals surface area contributed by atoms with Gasteiger partial charge in [0.2, 0.25) is 0 Å². The predicted molar refractivity (Wildman–Crippen MR) is 111 cm³/mol. The molecule has 0 fully saturated rings. The van der Waals surface area contributed by atoms with Gasteiger partial charge in [0, 0.05) is 12.1 Å². The molecular weight excluding hydrogens is 375 g/mol. The summed E-state index contributed by atoms with van der Waals surface area (Å²) < 4.78 is 26.1. The normalized spacial score (nSPS) is 10.8. The molecule has 0 saturated heterocycles. The van der Waals surface area contributed by atoms with Gasteiger partial charge in [-0.05, 0) is 35.9 Å². The lowest BCUT2D eigenvalue weighted by Gasteiger charge is -2.13. The molecule has 6 heteroatoms. The molecule has 4 aromatic rings. The number of benzene rings is 3. The van der Waals surface area contributed by atoms with Gasteiger partial charge in [0.1, 0.15) is 12.4 Å². The van der Waals surface area contributed by atoms with Gasteiger partial charge in [-0.3, -0.25) is 0 Å². The number of hydrogen-bond acceptors (Lipinski definition) is 5. The summed E-state index contributed by atoms with van der Waals surface area (Å²) in [4.78, 5) is 4.58. The number of ether oxygens (including phenoxy) is 2. The van der Waals surface area contributed by atoms with E-state index in [-0.39, 0.29) is 12.4 Å². The van der Waals surface area contributed by atoms with E-state index < -0.39 is 0 Å². The Bertz CT molecular complexity index is 1060. The van der Waals surface area contributed by atoms with Gasteiger partial charge in [0.25, 0.3) is 0 Å². The van der Waals surface area contributed by atoms with Crippen molar-refractivity contribution in [1.82, 2.24) is 4.98 Å². The maximum absolute atomic E-state index is 13.8. The molecule has 0 aliphatic heterocycles. The van der Waals surface area contributed by atoms with Crippen LogP contribution >= 0.6 is 11.3 Å². The van der Waals surface area contributed by atoms with E-state index in [1.54, 1.807) is 36.6 Å². The number of thiazole rings is 1. The third-order valence-corrected chi connectivity index (χ3v) is 5.30. The fourth-order valence-electron chi connectivity index (χ4n) is 2.84. The van der Waals surface area contributed by atoms with E-state index in [2.05, 4.69) is 16.4 Å². The smallest absolute Gasteiger partial charge is 0.184 e. The molecular formula is C22H19FN2O2S. The number of aromatic nitrogens is 1. The van der Waals surface area contributed by atoms with E-state index in [0.717, 1.165) is 20.9 Å². The Kier molecular flexibility index (Phi) is 5.39. The van der Waals surface area contributed by atoms with Crippen molar-refractivity contribution in [1.29, 1.82) is 0 Å². The summed E-state index contributed by atoms with van der Waals surface area (Å²) in [5.41, 5.74) is 2.53. The number of nitrogens with one attached hydrogen (secondary N) is 1. The molecule has 0 atom stereocenters. The molecule has 0 unspecified atom stereocenters. The SMILES string of the molecule is COc1cc(CNc2nc3ccccc3s2)ccc1OCc1ccccc1F.